The Kier molecular flexibility index (Phi) is 5.49. The van der Waals surface area contributed by atoms with Crippen LogP contribution in [0.15, 0.2) is 66.9 Å². The summed E-state index contributed by atoms with van der Waals surface area (Å²) in [5.74, 6) is 1.58. The standard InChI is InChI=1S/C21H20N2O3/c1-15-3-8-18(9-4-15)25-14-20(24)23-17-7-12-21(22-13-17)26-19-10-5-16(2)6-11-19/h3-13H,14H2,1-2H3,(H,23,24). The third-order valence-corrected chi connectivity index (χ3v) is 3.65. The predicted octanol–water partition coefficient (Wildman–Crippen LogP) is 4.51. The van der Waals surface area contributed by atoms with Crippen LogP contribution >= 0.6 is 0 Å². The maximum Gasteiger partial charge on any atom is 0.262 e. The molecule has 0 spiro atoms. The van der Waals surface area contributed by atoms with E-state index < -0.39 is 0 Å². The van der Waals surface area contributed by atoms with Crippen molar-refractivity contribution < 1.29 is 14.3 Å². The summed E-state index contributed by atoms with van der Waals surface area (Å²) in [6, 6.07) is 18.7. The van der Waals surface area contributed by atoms with Crippen LogP contribution in [-0.4, -0.2) is 17.5 Å². The van der Waals surface area contributed by atoms with Gasteiger partial charge in [-0.05, 0) is 44.2 Å². The lowest BCUT2D eigenvalue weighted by molar-refractivity contribution is -0.118. The molecule has 5 nitrogen and oxygen atoms in total. The molecular weight excluding hydrogens is 328 g/mol. The number of nitrogens with zero attached hydrogens (tertiary/aromatic N) is 1. The van der Waals surface area contributed by atoms with Crippen molar-refractivity contribution in [3.8, 4) is 17.4 Å². The minimum absolute atomic E-state index is 0.0648. The van der Waals surface area contributed by atoms with Crippen molar-refractivity contribution in [3.63, 3.8) is 0 Å². The molecule has 0 bridgehead atoms. The van der Waals surface area contributed by atoms with Gasteiger partial charge in [-0.2, -0.15) is 0 Å². The van der Waals surface area contributed by atoms with E-state index in [2.05, 4.69) is 10.3 Å². The summed E-state index contributed by atoms with van der Waals surface area (Å²) in [7, 11) is 0. The van der Waals surface area contributed by atoms with E-state index in [-0.39, 0.29) is 12.5 Å². The number of benzene rings is 2. The fourth-order valence-electron chi connectivity index (χ4n) is 2.22. The molecule has 0 saturated heterocycles. The fraction of sp³-hybridized carbons (Fsp3) is 0.143. The van der Waals surface area contributed by atoms with Crippen molar-refractivity contribution in [2.24, 2.45) is 0 Å². The Hall–Kier alpha value is -3.34. The van der Waals surface area contributed by atoms with E-state index in [4.69, 9.17) is 9.47 Å². The number of carbonyl (C=O) groups excluding carboxylic acids is 1. The molecule has 0 aliphatic rings. The van der Waals surface area contributed by atoms with Crippen molar-refractivity contribution in [2.45, 2.75) is 13.8 Å². The number of amides is 1. The highest BCUT2D eigenvalue weighted by Crippen LogP contribution is 2.20. The van der Waals surface area contributed by atoms with E-state index in [0.29, 0.717) is 23.1 Å². The second-order valence-electron chi connectivity index (χ2n) is 5.95. The number of ether oxygens (including phenoxy) is 2. The molecule has 26 heavy (non-hydrogen) atoms. The predicted molar refractivity (Wildman–Crippen MR) is 101 cm³/mol. The van der Waals surface area contributed by atoms with Crippen molar-refractivity contribution in [1.29, 1.82) is 0 Å². The van der Waals surface area contributed by atoms with Crippen molar-refractivity contribution in [3.05, 3.63) is 78.0 Å². The molecule has 2 aromatic carbocycles. The van der Waals surface area contributed by atoms with E-state index in [1.165, 1.54) is 0 Å². The largest absolute Gasteiger partial charge is 0.484 e. The van der Waals surface area contributed by atoms with E-state index in [9.17, 15) is 4.79 Å². The molecule has 0 aliphatic heterocycles. The summed E-state index contributed by atoms with van der Waals surface area (Å²) in [4.78, 5) is 16.2. The number of rotatable bonds is 6. The number of hydrogen-bond acceptors (Lipinski definition) is 4. The average molecular weight is 348 g/mol. The number of anilines is 1. The van der Waals surface area contributed by atoms with Gasteiger partial charge in [-0.25, -0.2) is 4.98 Å². The van der Waals surface area contributed by atoms with Gasteiger partial charge in [0, 0.05) is 6.07 Å². The third-order valence-electron chi connectivity index (χ3n) is 3.65. The van der Waals surface area contributed by atoms with Crippen molar-refractivity contribution >= 4 is 11.6 Å². The molecular formula is C21H20N2O3. The van der Waals surface area contributed by atoms with Gasteiger partial charge >= 0.3 is 0 Å². The molecule has 0 atom stereocenters. The van der Waals surface area contributed by atoms with Crippen LogP contribution in [0, 0.1) is 13.8 Å². The molecule has 3 aromatic rings. The molecule has 1 heterocycles. The maximum atomic E-state index is 12.0. The molecule has 0 radical (unpaired) electrons. The van der Waals surface area contributed by atoms with E-state index >= 15 is 0 Å². The molecule has 0 fully saturated rings. The van der Waals surface area contributed by atoms with Crippen LogP contribution in [0.25, 0.3) is 0 Å². The molecule has 1 amide bonds. The molecule has 0 unspecified atom stereocenters. The number of carbonyl (C=O) groups is 1. The Bertz CT molecular complexity index is 857. The smallest absolute Gasteiger partial charge is 0.262 e. The highest BCUT2D eigenvalue weighted by molar-refractivity contribution is 5.91. The minimum atomic E-state index is -0.250. The first-order valence-corrected chi connectivity index (χ1v) is 8.28. The summed E-state index contributed by atoms with van der Waals surface area (Å²) >= 11 is 0. The van der Waals surface area contributed by atoms with Gasteiger partial charge in [-0.3, -0.25) is 4.79 Å². The Balaban J connectivity index is 1.50. The van der Waals surface area contributed by atoms with Gasteiger partial charge in [-0.15, -0.1) is 0 Å². The third kappa shape index (κ3) is 5.08. The van der Waals surface area contributed by atoms with Gasteiger partial charge < -0.3 is 14.8 Å². The fourth-order valence-corrected chi connectivity index (χ4v) is 2.22. The van der Waals surface area contributed by atoms with E-state index in [1.807, 2.05) is 62.4 Å². The zero-order valence-corrected chi connectivity index (χ0v) is 14.7. The van der Waals surface area contributed by atoms with E-state index in [0.717, 1.165) is 11.1 Å². The highest BCUT2D eigenvalue weighted by atomic mass is 16.5. The monoisotopic (exact) mass is 348 g/mol. The Morgan fingerprint density at radius 3 is 2.08 bits per heavy atom. The van der Waals surface area contributed by atoms with Crippen LogP contribution < -0.4 is 14.8 Å². The molecule has 132 valence electrons. The number of pyridine rings is 1. The van der Waals surface area contributed by atoms with Crippen molar-refractivity contribution in [2.75, 3.05) is 11.9 Å². The molecule has 0 aliphatic carbocycles. The van der Waals surface area contributed by atoms with Gasteiger partial charge in [0.25, 0.3) is 5.91 Å². The summed E-state index contributed by atoms with van der Waals surface area (Å²) in [6.45, 7) is 3.95. The summed E-state index contributed by atoms with van der Waals surface area (Å²) < 4.78 is 11.1. The van der Waals surface area contributed by atoms with Gasteiger partial charge in [0.05, 0.1) is 11.9 Å². The van der Waals surface area contributed by atoms with Crippen molar-refractivity contribution in [1.82, 2.24) is 4.98 Å². The van der Waals surface area contributed by atoms with Gasteiger partial charge in [-0.1, -0.05) is 35.4 Å². The Morgan fingerprint density at radius 1 is 0.885 bits per heavy atom. The van der Waals surface area contributed by atoms with Crippen LogP contribution in [0.3, 0.4) is 0 Å². The first kappa shape index (κ1) is 17.5. The van der Waals surface area contributed by atoms with Crippen LogP contribution in [0.4, 0.5) is 5.69 Å². The Labute approximate surface area is 152 Å². The van der Waals surface area contributed by atoms with E-state index in [1.54, 1.807) is 18.3 Å². The molecule has 1 N–H and O–H groups in total. The first-order chi connectivity index (χ1) is 12.6. The summed E-state index contributed by atoms with van der Waals surface area (Å²) in [5.41, 5.74) is 2.89. The summed E-state index contributed by atoms with van der Waals surface area (Å²) in [5, 5.41) is 2.74. The van der Waals surface area contributed by atoms with Gasteiger partial charge in [0.1, 0.15) is 11.5 Å². The minimum Gasteiger partial charge on any atom is -0.484 e. The zero-order valence-electron chi connectivity index (χ0n) is 14.7. The number of nitrogens with one attached hydrogen (secondary N) is 1. The number of aromatic nitrogens is 1. The summed E-state index contributed by atoms with van der Waals surface area (Å²) in [6.07, 6.45) is 1.55. The lowest BCUT2D eigenvalue weighted by Gasteiger charge is -2.09. The Morgan fingerprint density at radius 2 is 1.50 bits per heavy atom. The number of hydrogen-bond donors (Lipinski definition) is 1. The maximum absolute atomic E-state index is 12.0. The van der Waals surface area contributed by atoms with Gasteiger partial charge in [0.15, 0.2) is 6.61 Å². The SMILES string of the molecule is Cc1ccc(OCC(=O)Nc2ccc(Oc3ccc(C)cc3)nc2)cc1. The van der Waals surface area contributed by atoms with Gasteiger partial charge in [0.2, 0.25) is 5.88 Å². The van der Waals surface area contributed by atoms with Crippen LogP contribution in [0.5, 0.6) is 17.4 Å². The number of aryl methyl sites for hydroxylation is 2. The lowest BCUT2D eigenvalue weighted by Crippen LogP contribution is -2.20. The van der Waals surface area contributed by atoms with Crippen LogP contribution in [-0.2, 0) is 4.79 Å². The molecule has 1 aromatic heterocycles. The molecule has 3 rings (SSSR count). The second-order valence-corrected chi connectivity index (χ2v) is 5.95. The van der Waals surface area contributed by atoms with Crippen LogP contribution in [0.2, 0.25) is 0 Å². The topological polar surface area (TPSA) is 60.5 Å². The molecule has 0 saturated carbocycles. The average Bonchev–Trinajstić information content (AvgIpc) is 2.65. The first-order valence-electron chi connectivity index (χ1n) is 8.28. The lowest BCUT2D eigenvalue weighted by atomic mass is 10.2. The quantitative estimate of drug-likeness (QED) is 0.712. The zero-order chi connectivity index (χ0) is 18.4. The normalized spacial score (nSPS) is 10.2. The van der Waals surface area contributed by atoms with Crippen LogP contribution in [0.1, 0.15) is 11.1 Å². The second kappa shape index (κ2) is 8.16. The highest BCUT2D eigenvalue weighted by Gasteiger charge is 2.05. The molecule has 5 heteroatoms.